The van der Waals surface area contributed by atoms with Crippen molar-refractivity contribution < 1.29 is 0 Å². The fourth-order valence-corrected chi connectivity index (χ4v) is 2.42. The van der Waals surface area contributed by atoms with Gasteiger partial charge in [-0.15, -0.1) is 0 Å². The maximum Gasteiger partial charge on any atom is -0.0318 e. The Morgan fingerprint density at radius 3 is 2.30 bits per heavy atom. The van der Waals surface area contributed by atoms with Crippen LogP contribution in [0.3, 0.4) is 0 Å². The fourth-order valence-electron chi connectivity index (χ4n) is 2.42. The molecule has 1 aliphatic rings. The van der Waals surface area contributed by atoms with Crippen LogP contribution in [0.4, 0.5) is 0 Å². The molecule has 0 heterocycles. The van der Waals surface area contributed by atoms with E-state index in [0.717, 1.165) is 5.92 Å². The molecule has 0 aromatic heterocycles. The SMILES string of the molecule is [CH]C1CC(C)CC(C)(C)C1. The molecule has 0 saturated heterocycles. The van der Waals surface area contributed by atoms with Gasteiger partial charge in [0.1, 0.15) is 0 Å². The summed E-state index contributed by atoms with van der Waals surface area (Å²) in [6.45, 7) is 12.9. The van der Waals surface area contributed by atoms with Crippen LogP contribution in [-0.2, 0) is 0 Å². The minimum Gasteiger partial charge on any atom is -0.0625 e. The van der Waals surface area contributed by atoms with Crippen molar-refractivity contribution in [3.05, 3.63) is 6.92 Å². The van der Waals surface area contributed by atoms with Gasteiger partial charge in [0.05, 0.1) is 0 Å². The summed E-state index contributed by atoms with van der Waals surface area (Å²) in [5, 5.41) is 0. The molecule has 2 unspecified atom stereocenters. The summed E-state index contributed by atoms with van der Waals surface area (Å²) >= 11 is 0. The largest absolute Gasteiger partial charge is 0.0625 e. The molecule has 10 heavy (non-hydrogen) atoms. The monoisotopic (exact) mass is 138 g/mol. The van der Waals surface area contributed by atoms with Crippen LogP contribution >= 0.6 is 0 Å². The van der Waals surface area contributed by atoms with Crippen molar-refractivity contribution in [2.75, 3.05) is 0 Å². The van der Waals surface area contributed by atoms with Crippen molar-refractivity contribution >= 4 is 0 Å². The van der Waals surface area contributed by atoms with Gasteiger partial charge in [-0.2, -0.15) is 0 Å². The molecular formula is C10H18. The Balaban J connectivity index is 2.51. The van der Waals surface area contributed by atoms with Crippen molar-refractivity contribution in [2.45, 2.75) is 40.0 Å². The second-order valence-corrected chi connectivity index (χ2v) is 4.67. The minimum atomic E-state index is 0.457. The van der Waals surface area contributed by atoms with Crippen LogP contribution in [0, 0.1) is 24.2 Å². The van der Waals surface area contributed by atoms with E-state index in [-0.39, 0.29) is 0 Å². The van der Waals surface area contributed by atoms with E-state index in [1.54, 1.807) is 0 Å². The van der Waals surface area contributed by atoms with Crippen LogP contribution in [0.5, 0.6) is 0 Å². The lowest BCUT2D eigenvalue weighted by Gasteiger charge is -2.37. The van der Waals surface area contributed by atoms with E-state index in [9.17, 15) is 0 Å². The van der Waals surface area contributed by atoms with Crippen LogP contribution in [-0.4, -0.2) is 0 Å². The van der Waals surface area contributed by atoms with Crippen molar-refractivity contribution in [2.24, 2.45) is 17.3 Å². The van der Waals surface area contributed by atoms with Crippen molar-refractivity contribution in [1.29, 1.82) is 0 Å². The summed E-state index contributed by atoms with van der Waals surface area (Å²) < 4.78 is 0. The molecule has 0 aromatic rings. The molecule has 0 N–H and O–H groups in total. The summed E-state index contributed by atoms with van der Waals surface area (Å²) in [6.07, 6.45) is 3.78. The molecular weight excluding hydrogens is 120 g/mol. The average molecular weight is 138 g/mol. The molecule has 0 bridgehead atoms. The first-order valence-electron chi connectivity index (χ1n) is 4.25. The minimum absolute atomic E-state index is 0.457. The van der Waals surface area contributed by atoms with Crippen molar-refractivity contribution in [1.82, 2.24) is 0 Å². The molecule has 1 rings (SSSR count). The zero-order chi connectivity index (χ0) is 7.78. The lowest BCUT2D eigenvalue weighted by molar-refractivity contribution is 0.155. The normalized spacial score (nSPS) is 39.6. The Morgan fingerprint density at radius 1 is 1.30 bits per heavy atom. The molecule has 0 aromatic carbocycles. The third-order valence-electron chi connectivity index (χ3n) is 2.42. The van der Waals surface area contributed by atoms with E-state index in [4.69, 9.17) is 6.92 Å². The Hall–Kier alpha value is 0. The fraction of sp³-hybridized carbons (Fsp3) is 0.900. The quantitative estimate of drug-likeness (QED) is 0.482. The Morgan fingerprint density at radius 2 is 1.90 bits per heavy atom. The van der Waals surface area contributed by atoms with Gasteiger partial charge >= 0.3 is 0 Å². The Bertz CT molecular complexity index is 101. The van der Waals surface area contributed by atoms with Gasteiger partial charge in [0.2, 0.25) is 0 Å². The molecule has 0 spiro atoms. The standard InChI is InChI=1S/C10H18/c1-8-5-9(2)7-10(3,4)6-8/h1,8-9H,5-7H2,2-4H3. The van der Waals surface area contributed by atoms with Crippen LogP contribution in [0.1, 0.15) is 40.0 Å². The predicted octanol–water partition coefficient (Wildman–Crippen LogP) is 3.16. The van der Waals surface area contributed by atoms with Gasteiger partial charge in [0.25, 0.3) is 0 Å². The first kappa shape index (κ1) is 8.10. The lowest BCUT2D eigenvalue weighted by atomic mass is 9.69. The molecule has 0 heteroatoms. The van der Waals surface area contributed by atoms with E-state index in [1.807, 2.05) is 0 Å². The predicted molar refractivity (Wildman–Crippen MR) is 44.6 cm³/mol. The zero-order valence-corrected chi connectivity index (χ0v) is 7.35. The van der Waals surface area contributed by atoms with Gasteiger partial charge in [-0.05, 0) is 43.4 Å². The number of hydrogen-bond donors (Lipinski definition) is 0. The van der Waals surface area contributed by atoms with E-state index in [0.29, 0.717) is 11.3 Å². The average Bonchev–Trinajstić information content (AvgIpc) is 1.54. The summed E-state index contributed by atoms with van der Waals surface area (Å²) in [6, 6.07) is 0. The molecule has 0 nitrogen and oxygen atoms in total. The molecule has 2 atom stereocenters. The highest BCUT2D eigenvalue weighted by Crippen LogP contribution is 2.40. The first-order chi connectivity index (χ1) is 4.49. The molecule has 1 fully saturated rings. The summed E-state index contributed by atoms with van der Waals surface area (Å²) in [4.78, 5) is 0. The van der Waals surface area contributed by atoms with E-state index < -0.39 is 0 Å². The number of rotatable bonds is 0. The number of hydrogen-bond acceptors (Lipinski definition) is 0. The Labute approximate surface area is 65.0 Å². The lowest BCUT2D eigenvalue weighted by Crippen LogP contribution is -2.26. The van der Waals surface area contributed by atoms with Crippen LogP contribution in [0.15, 0.2) is 0 Å². The molecule has 0 amide bonds. The highest BCUT2D eigenvalue weighted by atomic mass is 14.3. The maximum atomic E-state index is 5.90. The van der Waals surface area contributed by atoms with Gasteiger partial charge < -0.3 is 0 Å². The van der Waals surface area contributed by atoms with Crippen molar-refractivity contribution in [3.63, 3.8) is 0 Å². The second kappa shape index (κ2) is 2.56. The zero-order valence-electron chi connectivity index (χ0n) is 7.35. The van der Waals surface area contributed by atoms with E-state index in [1.165, 1.54) is 19.3 Å². The van der Waals surface area contributed by atoms with Gasteiger partial charge in [-0.25, -0.2) is 0 Å². The summed E-state index contributed by atoms with van der Waals surface area (Å²) in [5.41, 5.74) is 0.497. The highest BCUT2D eigenvalue weighted by molar-refractivity contribution is 4.83. The van der Waals surface area contributed by atoms with Crippen LogP contribution in [0.2, 0.25) is 0 Å². The van der Waals surface area contributed by atoms with Gasteiger partial charge in [0, 0.05) is 0 Å². The van der Waals surface area contributed by atoms with Crippen LogP contribution < -0.4 is 0 Å². The molecule has 1 aliphatic carbocycles. The third-order valence-corrected chi connectivity index (χ3v) is 2.42. The van der Waals surface area contributed by atoms with Crippen molar-refractivity contribution in [3.8, 4) is 0 Å². The van der Waals surface area contributed by atoms with E-state index in [2.05, 4.69) is 20.8 Å². The first-order valence-corrected chi connectivity index (χ1v) is 4.25. The van der Waals surface area contributed by atoms with Crippen LogP contribution in [0.25, 0.3) is 0 Å². The molecule has 58 valence electrons. The van der Waals surface area contributed by atoms with Gasteiger partial charge in [-0.3, -0.25) is 0 Å². The third kappa shape index (κ3) is 2.00. The van der Waals surface area contributed by atoms with Gasteiger partial charge in [0.15, 0.2) is 0 Å². The topological polar surface area (TPSA) is 0 Å². The molecule has 1 saturated carbocycles. The Kier molecular flexibility index (Phi) is 2.07. The summed E-state index contributed by atoms with van der Waals surface area (Å²) in [7, 11) is 0. The summed E-state index contributed by atoms with van der Waals surface area (Å²) in [5.74, 6) is 1.29. The highest BCUT2D eigenvalue weighted by Gasteiger charge is 2.29. The smallest absolute Gasteiger partial charge is 0.0318 e. The molecule has 2 radical (unpaired) electrons. The molecule has 0 aliphatic heterocycles. The maximum absolute atomic E-state index is 5.90. The van der Waals surface area contributed by atoms with E-state index >= 15 is 0 Å². The second-order valence-electron chi connectivity index (χ2n) is 4.67. The van der Waals surface area contributed by atoms with Gasteiger partial charge in [-0.1, -0.05) is 20.8 Å².